The molecule has 0 saturated carbocycles. The maximum atomic E-state index is 5.57. The third kappa shape index (κ3) is 2.93. The van der Waals surface area contributed by atoms with Crippen LogP contribution in [0.1, 0.15) is 12.3 Å². The maximum absolute atomic E-state index is 5.57. The molecule has 84 valence electrons. The second-order valence-electron chi connectivity index (χ2n) is 3.16. The molecule has 0 spiro atoms. The monoisotopic (exact) mass is 238 g/mol. The lowest BCUT2D eigenvalue weighted by atomic mass is 10.3. The largest absolute Gasteiger partial charge is 0.408 e. The molecule has 2 rings (SSSR count). The van der Waals surface area contributed by atoms with Crippen LogP contribution < -0.4 is 5.32 Å². The van der Waals surface area contributed by atoms with Crippen LogP contribution in [0.3, 0.4) is 0 Å². The minimum absolute atomic E-state index is 0.373. The van der Waals surface area contributed by atoms with Gasteiger partial charge in [-0.05, 0) is 18.6 Å². The van der Waals surface area contributed by atoms with Crippen molar-refractivity contribution >= 4 is 23.3 Å². The van der Waals surface area contributed by atoms with Gasteiger partial charge in [-0.25, -0.2) is 0 Å². The normalized spacial score (nSPS) is 10.3. The number of nitrogens with one attached hydrogen (secondary N) is 1. The zero-order valence-corrected chi connectivity index (χ0v) is 9.31. The first-order valence-electron chi connectivity index (χ1n) is 4.94. The lowest BCUT2D eigenvalue weighted by Crippen LogP contribution is -1.90. The van der Waals surface area contributed by atoms with Crippen molar-refractivity contribution < 1.29 is 4.42 Å². The number of alkyl halides is 1. The molecule has 0 amide bonds. The number of rotatable bonds is 5. The summed E-state index contributed by atoms with van der Waals surface area (Å²) in [4.78, 5) is 3.97. The number of aryl methyl sites for hydroxylation is 1. The third-order valence-electron chi connectivity index (χ3n) is 1.90. The molecule has 0 aliphatic rings. The van der Waals surface area contributed by atoms with Crippen molar-refractivity contribution in [2.75, 3.05) is 11.2 Å². The van der Waals surface area contributed by atoms with E-state index in [-0.39, 0.29) is 0 Å². The van der Waals surface area contributed by atoms with Crippen LogP contribution in [0.2, 0.25) is 0 Å². The van der Waals surface area contributed by atoms with Crippen molar-refractivity contribution in [2.24, 2.45) is 0 Å². The van der Waals surface area contributed by atoms with E-state index < -0.39 is 0 Å². The van der Waals surface area contributed by atoms with Crippen LogP contribution in [-0.4, -0.2) is 21.1 Å². The molecule has 0 radical (unpaired) electrons. The molecular formula is C10H11ClN4O. The quantitative estimate of drug-likeness (QED) is 0.811. The Hall–Kier alpha value is -1.62. The summed E-state index contributed by atoms with van der Waals surface area (Å²) in [5, 5.41) is 10.7. The molecule has 0 fully saturated rings. The van der Waals surface area contributed by atoms with E-state index in [9.17, 15) is 0 Å². The lowest BCUT2D eigenvalue weighted by Gasteiger charge is -1.98. The van der Waals surface area contributed by atoms with Gasteiger partial charge >= 0.3 is 6.01 Å². The molecule has 6 heteroatoms. The Balaban J connectivity index is 1.97. The molecule has 0 aromatic carbocycles. The molecule has 2 aromatic heterocycles. The first kappa shape index (κ1) is 10.9. The summed E-state index contributed by atoms with van der Waals surface area (Å²) in [5.74, 6) is 1.18. The van der Waals surface area contributed by atoms with Gasteiger partial charge in [-0.2, -0.15) is 0 Å². The topological polar surface area (TPSA) is 63.8 Å². The fourth-order valence-corrected chi connectivity index (χ4v) is 1.32. The number of aromatic nitrogens is 3. The maximum Gasteiger partial charge on any atom is 0.320 e. The summed E-state index contributed by atoms with van der Waals surface area (Å²) in [7, 11) is 0. The molecule has 0 aliphatic heterocycles. The van der Waals surface area contributed by atoms with Gasteiger partial charge in [0.2, 0.25) is 5.89 Å². The minimum atomic E-state index is 0.373. The summed E-state index contributed by atoms with van der Waals surface area (Å²) in [5.41, 5.74) is 0.815. The van der Waals surface area contributed by atoms with E-state index in [0.717, 1.165) is 12.1 Å². The predicted molar refractivity (Wildman–Crippen MR) is 60.9 cm³/mol. The second-order valence-corrected chi connectivity index (χ2v) is 3.54. The van der Waals surface area contributed by atoms with Crippen molar-refractivity contribution in [1.82, 2.24) is 15.2 Å². The van der Waals surface area contributed by atoms with Gasteiger partial charge in [-0.3, -0.25) is 4.98 Å². The van der Waals surface area contributed by atoms with Gasteiger partial charge in [0.25, 0.3) is 0 Å². The fourth-order valence-electron chi connectivity index (χ4n) is 1.18. The molecule has 0 aliphatic carbocycles. The van der Waals surface area contributed by atoms with E-state index in [2.05, 4.69) is 20.5 Å². The standard InChI is InChI=1S/C10H11ClN4O/c11-5-1-4-9-14-15-10(16-9)13-8-3-2-6-12-7-8/h2-3,6-7H,1,4-5H2,(H,13,15). The second kappa shape index (κ2) is 5.46. The summed E-state index contributed by atoms with van der Waals surface area (Å²) >= 11 is 5.57. The van der Waals surface area contributed by atoms with Gasteiger partial charge in [0.15, 0.2) is 0 Å². The number of nitrogens with zero attached hydrogens (tertiary/aromatic N) is 3. The van der Waals surface area contributed by atoms with E-state index in [1.807, 2.05) is 12.1 Å². The first-order valence-corrected chi connectivity index (χ1v) is 5.47. The van der Waals surface area contributed by atoms with Crippen molar-refractivity contribution in [3.05, 3.63) is 30.4 Å². The Bertz CT molecular complexity index is 431. The molecular weight excluding hydrogens is 228 g/mol. The highest BCUT2D eigenvalue weighted by Gasteiger charge is 2.05. The van der Waals surface area contributed by atoms with E-state index in [0.29, 0.717) is 24.2 Å². The molecule has 0 unspecified atom stereocenters. The van der Waals surface area contributed by atoms with E-state index in [1.165, 1.54) is 0 Å². The molecule has 5 nitrogen and oxygen atoms in total. The molecule has 2 aromatic rings. The number of pyridine rings is 1. The fraction of sp³-hybridized carbons (Fsp3) is 0.300. The van der Waals surface area contributed by atoms with E-state index >= 15 is 0 Å². The van der Waals surface area contributed by atoms with Gasteiger partial charge in [-0.1, -0.05) is 5.10 Å². The van der Waals surface area contributed by atoms with Gasteiger partial charge in [-0.15, -0.1) is 16.7 Å². The van der Waals surface area contributed by atoms with Crippen LogP contribution in [0.4, 0.5) is 11.7 Å². The highest BCUT2D eigenvalue weighted by molar-refractivity contribution is 6.17. The zero-order chi connectivity index (χ0) is 11.2. The Morgan fingerprint density at radius 1 is 1.38 bits per heavy atom. The summed E-state index contributed by atoms with van der Waals surface area (Å²) in [6.07, 6.45) is 4.91. The molecule has 0 saturated heterocycles. The predicted octanol–water partition coefficient (Wildman–Crippen LogP) is 2.38. The zero-order valence-electron chi connectivity index (χ0n) is 8.56. The summed E-state index contributed by atoms with van der Waals surface area (Å²) < 4.78 is 5.37. The SMILES string of the molecule is ClCCCc1nnc(Nc2cccnc2)o1. The Labute approximate surface area is 97.9 Å². The molecule has 0 atom stereocenters. The van der Waals surface area contributed by atoms with Crippen molar-refractivity contribution in [3.63, 3.8) is 0 Å². The van der Waals surface area contributed by atoms with Gasteiger partial charge < -0.3 is 9.73 Å². The molecule has 0 bridgehead atoms. The average Bonchev–Trinajstić information content (AvgIpc) is 2.75. The van der Waals surface area contributed by atoms with Crippen LogP contribution in [-0.2, 0) is 6.42 Å². The molecule has 2 heterocycles. The number of anilines is 2. The van der Waals surface area contributed by atoms with Crippen LogP contribution in [0.5, 0.6) is 0 Å². The van der Waals surface area contributed by atoms with Crippen LogP contribution >= 0.6 is 11.6 Å². The Morgan fingerprint density at radius 3 is 3.06 bits per heavy atom. The van der Waals surface area contributed by atoms with Gasteiger partial charge in [0, 0.05) is 18.5 Å². The van der Waals surface area contributed by atoms with E-state index in [4.69, 9.17) is 16.0 Å². The summed E-state index contributed by atoms with van der Waals surface area (Å²) in [6.45, 7) is 0. The van der Waals surface area contributed by atoms with Crippen LogP contribution in [0.15, 0.2) is 28.9 Å². The first-order chi connectivity index (χ1) is 7.88. The highest BCUT2D eigenvalue weighted by atomic mass is 35.5. The van der Waals surface area contributed by atoms with Gasteiger partial charge in [0.1, 0.15) is 0 Å². The molecule has 16 heavy (non-hydrogen) atoms. The molecule has 1 N–H and O–H groups in total. The van der Waals surface area contributed by atoms with E-state index in [1.54, 1.807) is 12.4 Å². The van der Waals surface area contributed by atoms with Crippen molar-refractivity contribution in [3.8, 4) is 0 Å². The van der Waals surface area contributed by atoms with Crippen molar-refractivity contribution in [2.45, 2.75) is 12.8 Å². The highest BCUT2D eigenvalue weighted by Crippen LogP contribution is 2.14. The Kier molecular flexibility index (Phi) is 3.71. The van der Waals surface area contributed by atoms with Crippen molar-refractivity contribution in [1.29, 1.82) is 0 Å². The summed E-state index contributed by atoms with van der Waals surface area (Å²) in [6, 6.07) is 4.07. The van der Waals surface area contributed by atoms with Gasteiger partial charge in [0.05, 0.1) is 11.9 Å². The smallest absolute Gasteiger partial charge is 0.320 e. The van der Waals surface area contributed by atoms with Crippen LogP contribution in [0, 0.1) is 0 Å². The third-order valence-corrected chi connectivity index (χ3v) is 2.17. The average molecular weight is 239 g/mol. The lowest BCUT2D eigenvalue weighted by molar-refractivity contribution is 0.505. The minimum Gasteiger partial charge on any atom is -0.408 e. The number of hydrogen-bond acceptors (Lipinski definition) is 5. The van der Waals surface area contributed by atoms with Crippen LogP contribution in [0.25, 0.3) is 0 Å². The number of hydrogen-bond donors (Lipinski definition) is 1. The Morgan fingerprint density at radius 2 is 2.31 bits per heavy atom. The number of halogens is 1.